The van der Waals surface area contributed by atoms with Crippen molar-refractivity contribution < 1.29 is 22.6 Å². The molecule has 132 valence electrons. The summed E-state index contributed by atoms with van der Waals surface area (Å²) in [6.07, 6.45) is 1.35. The van der Waals surface area contributed by atoms with E-state index in [4.69, 9.17) is 29.6 Å². The Morgan fingerprint density at radius 3 is 2.38 bits per heavy atom. The molecule has 1 aromatic heterocycles. The van der Waals surface area contributed by atoms with Gasteiger partial charge in [0, 0.05) is 11.5 Å². The number of rotatable bonds is 8. The Morgan fingerprint density at radius 2 is 1.79 bits per heavy atom. The Balaban J connectivity index is 2.35. The third kappa shape index (κ3) is 4.39. The molecule has 0 saturated carbocycles. The van der Waals surface area contributed by atoms with E-state index in [0.29, 0.717) is 23.8 Å². The molecule has 0 aliphatic heterocycles. The van der Waals surface area contributed by atoms with Crippen LogP contribution < -0.4 is 10.1 Å². The minimum atomic E-state index is -3.73. The van der Waals surface area contributed by atoms with E-state index in [1.54, 1.807) is 19.1 Å². The number of phosphoric ester groups is 1. The van der Waals surface area contributed by atoms with Crippen LogP contribution in [0.25, 0.3) is 11.0 Å². The molecule has 24 heavy (non-hydrogen) atoms. The Bertz CT molecular complexity index is 804. The molecule has 0 aliphatic rings. The second kappa shape index (κ2) is 8.17. The molecule has 0 radical (unpaired) electrons. The summed E-state index contributed by atoms with van der Waals surface area (Å²) in [7, 11) is -3.73. The first kappa shape index (κ1) is 19.0. The molecule has 8 heteroatoms. The molecule has 0 aliphatic carbocycles. The van der Waals surface area contributed by atoms with Gasteiger partial charge in [0.05, 0.1) is 13.2 Å². The van der Waals surface area contributed by atoms with Crippen molar-refractivity contribution in [3.8, 4) is 5.75 Å². The number of phosphoric acid groups is 1. The summed E-state index contributed by atoms with van der Waals surface area (Å²) in [4.78, 5) is 11.7. The van der Waals surface area contributed by atoms with Crippen LogP contribution in [0.1, 0.15) is 32.3 Å². The fraction of sp³-hybridized carbons (Fsp3) is 0.438. The van der Waals surface area contributed by atoms with Gasteiger partial charge in [0.15, 0.2) is 0 Å². The zero-order valence-corrected chi connectivity index (χ0v) is 15.5. The molecule has 0 atom stereocenters. The van der Waals surface area contributed by atoms with E-state index in [-0.39, 0.29) is 29.6 Å². The highest BCUT2D eigenvalue weighted by atomic mass is 35.5. The van der Waals surface area contributed by atoms with E-state index < -0.39 is 13.4 Å². The molecule has 0 unspecified atom stereocenters. The summed E-state index contributed by atoms with van der Waals surface area (Å²) in [5.41, 5.74) is 0.269. The largest absolute Gasteiger partial charge is 0.530 e. The smallest absolute Gasteiger partial charge is 0.421 e. The van der Waals surface area contributed by atoms with E-state index in [9.17, 15) is 9.36 Å². The number of aryl methyl sites for hydroxylation is 1. The highest BCUT2D eigenvalue weighted by Gasteiger charge is 2.28. The molecule has 2 aromatic rings. The van der Waals surface area contributed by atoms with Crippen molar-refractivity contribution in [2.75, 3.05) is 13.2 Å². The molecule has 0 N–H and O–H groups in total. The molecule has 0 amide bonds. The van der Waals surface area contributed by atoms with Gasteiger partial charge in [-0.1, -0.05) is 25.4 Å². The van der Waals surface area contributed by atoms with E-state index in [0.717, 1.165) is 0 Å². The quantitative estimate of drug-likeness (QED) is 0.473. The second-order valence-corrected chi connectivity index (χ2v) is 7.16. The lowest BCUT2D eigenvalue weighted by Crippen LogP contribution is -2.05. The summed E-state index contributed by atoms with van der Waals surface area (Å²) in [5, 5.41) is 0.713. The molecular weight excluding hydrogens is 355 g/mol. The summed E-state index contributed by atoms with van der Waals surface area (Å²) < 4.78 is 33.8. The van der Waals surface area contributed by atoms with Gasteiger partial charge in [-0.3, -0.25) is 9.05 Å². The monoisotopic (exact) mass is 374 g/mol. The van der Waals surface area contributed by atoms with Gasteiger partial charge in [-0.05, 0) is 37.5 Å². The maximum Gasteiger partial charge on any atom is 0.530 e. The van der Waals surface area contributed by atoms with E-state index in [1.807, 2.05) is 13.8 Å². The van der Waals surface area contributed by atoms with E-state index in [2.05, 4.69) is 0 Å². The van der Waals surface area contributed by atoms with Crippen LogP contribution in [0.15, 0.2) is 27.4 Å². The SMILES string of the molecule is CCCOP(=O)(OCCC)Oc1ccc2c(C)c(Cl)c(=O)oc2c1. The van der Waals surface area contributed by atoms with Crippen LogP contribution in [-0.2, 0) is 13.6 Å². The van der Waals surface area contributed by atoms with Crippen LogP contribution in [-0.4, -0.2) is 13.2 Å². The zero-order chi connectivity index (χ0) is 17.7. The Morgan fingerprint density at radius 1 is 1.17 bits per heavy atom. The van der Waals surface area contributed by atoms with Crippen LogP contribution >= 0.6 is 19.4 Å². The normalized spacial score (nSPS) is 11.8. The van der Waals surface area contributed by atoms with Gasteiger partial charge in [0.2, 0.25) is 0 Å². The zero-order valence-electron chi connectivity index (χ0n) is 13.8. The van der Waals surface area contributed by atoms with Gasteiger partial charge in [-0.25, -0.2) is 9.36 Å². The number of halogens is 1. The van der Waals surface area contributed by atoms with Crippen molar-refractivity contribution in [1.29, 1.82) is 0 Å². The first-order chi connectivity index (χ1) is 11.4. The molecular formula is C16H20ClO6P. The van der Waals surface area contributed by atoms with Crippen LogP contribution in [0.2, 0.25) is 5.02 Å². The second-order valence-electron chi connectivity index (χ2n) is 5.19. The third-order valence-corrected chi connectivity index (χ3v) is 5.06. The van der Waals surface area contributed by atoms with Crippen LogP contribution in [0.4, 0.5) is 0 Å². The topological polar surface area (TPSA) is 75.0 Å². The average Bonchev–Trinajstić information content (AvgIpc) is 2.56. The van der Waals surface area contributed by atoms with Gasteiger partial charge in [0.1, 0.15) is 16.4 Å². The maximum atomic E-state index is 12.6. The fourth-order valence-electron chi connectivity index (χ4n) is 1.99. The lowest BCUT2D eigenvalue weighted by atomic mass is 10.1. The summed E-state index contributed by atoms with van der Waals surface area (Å²) in [5.74, 6) is 0.225. The Labute approximate surface area is 145 Å². The molecule has 0 spiro atoms. The Hall–Kier alpha value is -1.33. The highest BCUT2D eigenvalue weighted by molar-refractivity contribution is 7.48. The molecule has 1 heterocycles. The maximum absolute atomic E-state index is 12.6. The molecule has 1 aromatic carbocycles. The summed E-state index contributed by atoms with van der Waals surface area (Å²) in [6, 6.07) is 4.75. The Kier molecular flexibility index (Phi) is 6.47. The van der Waals surface area contributed by atoms with Crippen LogP contribution in [0.5, 0.6) is 5.75 Å². The average molecular weight is 375 g/mol. The number of hydrogen-bond acceptors (Lipinski definition) is 6. The molecule has 0 bridgehead atoms. The summed E-state index contributed by atoms with van der Waals surface area (Å²) in [6.45, 7) is 6.00. The number of hydrogen-bond donors (Lipinski definition) is 0. The first-order valence-corrected chi connectivity index (χ1v) is 9.55. The standard InChI is InChI=1S/C16H20ClO6P/c1-4-8-20-24(19,21-9-5-2)23-12-6-7-13-11(3)15(17)16(18)22-14(13)10-12/h6-7,10H,4-5,8-9H2,1-3H3. The lowest BCUT2D eigenvalue weighted by molar-refractivity contribution is 0.155. The van der Waals surface area contributed by atoms with Gasteiger partial charge < -0.3 is 8.94 Å². The molecule has 6 nitrogen and oxygen atoms in total. The van der Waals surface area contributed by atoms with Crippen molar-refractivity contribution in [3.63, 3.8) is 0 Å². The van der Waals surface area contributed by atoms with Gasteiger partial charge in [-0.2, -0.15) is 0 Å². The molecule has 2 rings (SSSR count). The first-order valence-electron chi connectivity index (χ1n) is 7.72. The van der Waals surface area contributed by atoms with Gasteiger partial charge in [0.25, 0.3) is 0 Å². The fourth-order valence-corrected chi connectivity index (χ4v) is 3.50. The van der Waals surface area contributed by atoms with Crippen LogP contribution in [0, 0.1) is 6.92 Å². The predicted molar refractivity (Wildman–Crippen MR) is 93.0 cm³/mol. The number of benzene rings is 1. The van der Waals surface area contributed by atoms with Crippen molar-refractivity contribution in [2.45, 2.75) is 33.6 Å². The minimum absolute atomic E-state index is 0.0411. The summed E-state index contributed by atoms with van der Waals surface area (Å²) >= 11 is 5.90. The minimum Gasteiger partial charge on any atom is -0.421 e. The van der Waals surface area contributed by atoms with E-state index in [1.165, 1.54) is 6.07 Å². The molecule has 0 saturated heterocycles. The van der Waals surface area contributed by atoms with Crippen LogP contribution in [0.3, 0.4) is 0 Å². The van der Waals surface area contributed by atoms with E-state index >= 15 is 0 Å². The van der Waals surface area contributed by atoms with Crippen molar-refractivity contribution in [2.24, 2.45) is 0 Å². The lowest BCUT2D eigenvalue weighted by Gasteiger charge is -2.18. The van der Waals surface area contributed by atoms with Crippen molar-refractivity contribution in [1.82, 2.24) is 0 Å². The number of fused-ring (bicyclic) bond motifs is 1. The molecule has 0 fully saturated rings. The highest BCUT2D eigenvalue weighted by Crippen LogP contribution is 2.50. The van der Waals surface area contributed by atoms with Gasteiger partial charge in [-0.15, -0.1) is 0 Å². The van der Waals surface area contributed by atoms with Crippen molar-refractivity contribution in [3.05, 3.63) is 39.2 Å². The predicted octanol–water partition coefficient (Wildman–Crippen LogP) is 5.09. The van der Waals surface area contributed by atoms with Gasteiger partial charge >= 0.3 is 13.4 Å². The van der Waals surface area contributed by atoms with Crippen molar-refractivity contribution >= 4 is 30.4 Å². The third-order valence-electron chi connectivity index (χ3n) is 3.19.